The molecule has 2 aromatic rings. The van der Waals surface area contributed by atoms with Crippen molar-refractivity contribution in [1.29, 1.82) is 0 Å². The van der Waals surface area contributed by atoms with Crippen LogP contribution in [0.4, 0.5) is 0 Å². The van der Waals surface area contributed by atoms with E-state index in [-0.39, 0.29) is 6.04 Å². The topological polar surface area (TPSA) is 38.0 Å². The van der Waals surface area contributed by atoms with Crippen LogP contribution in [0.1, 0.15) is 40.8 Å². The van der Waals surface area contributed by atoms with Gasteiger partial charge in [-0.15, -0.1) is 11.3 Å². The van der Waals surface area contributed by atoms with Crippen molar-refractivity contribution in [3.8, 4) is 0 Å². The van der Waals surface area contributed by atoms with Gasteiger partial charge in [0.05, 0.1) is 0 Å². The molecule has 0 spiro atoms. The summed E-state index contributed by atoms with van der Waals surface area (Å²) >= 11 is 1.79. The van der Waals surface area contributed by atoms with E-state index in [1.807, 2.05) is 0 Å². The quantitative estimate of drug-likeness (QED) is 0.845. The SMILES string of the molecule is NCC(NCc1cccs1)c1ccccc1C1CC1. The molecule has 1 saturated carbocycles. The summed E-state index contributed by atoms with van der Waals surface area (Å²) in [4.78, 5) is 1.36. The minimum absolute atomic E-state index is 0.263. The van der Waals surface area contributed by atoms with Crippen LogP contribution in [0.5, 0.6) is 0 Å². The highest BCUT2D eigenvalue weighted by Gasteiger charge is 2.27. The second-order valence-electron chi connectivity index (χ2n) is 5.15. The number of benzene rings is 1. The molecular weight excluding hydrogens is 252 g/mol. The lowest BCUT2D eigenvalue weighted by atomic mass is 9.97. The third-order valence-corrected chi connectivity index (χ3v) is 4.60. The molecule has 1 atom stereocenters. The van der Waals surface area contributed by atoms with Crippen LogP contribution in [0, 0.1) is 0 Å². The number of hydrogen-bond donors (Lipinski definition) is 2. The smallest absolute Gasteiger partial charge is 0.0450 e. The van der Waals surface area contributed by atoms with E-state index >= 15 is 0 Å². The zero-order valence-corrected chi connectivity index (χ0v) is 11.8. The van der Waals surface area contributed by atoms with E-state index in [1.165, 1.54) is 28.8 Å². The molecule has 100 valence electrons. The summed E-state index contributed by atoms with van der Waals surface area (Å²) in [5.74, 6) is 0.772. The Morgan fingerprint density at radius 2 is 2.05 bits per heavy atom. The molecule has 2 nitrogen and oxygen atoms in total. The van der Waals surface area contributed by atoms with Crippen LogP contribution >= 0.6 is 11.3 Å². The second kappa shape index (κ2) is 5.87. The molecule has 0 radical (unpaired) electrons. The average Bonchev–Trinajstić information content (AvgIpc) is 3.17. The first kappa shape index (κ1) is 12.9. The van der Waals surface area contributed by atoms with Crippen LogP contribution in [-0.4, -0.2) is 6.54 Å². The van der Waals surface area contributed by atoms with Gasteiger partial charge in [0.25, 0.3) is 0 Å². The molecule has 0 bridgehead atoms. The van der Waals surface area contributed by atoms with Gasteiger partial charge in [-0.2, -0.15) is 0 Å². The summed E-state index contributed by atoms with van der Waals surface area (Å²) in [5.41, 5.74) is 8.86. The average molecular weight is 272 g/mol. The van der Waals surface area contributed by atoms with E-state index < -0.39 is 0 Å². The summed E-state index contributed by atoms with van der Waals surface area (Å²) in [5, 5.41) is 5.71. The Morgan fingerprint density at radius 3 is 2.74 bits per heavy atom. The number of thiophene rings is 1. The molecule has 1 aliphatic rings. The maximum absolute atomic E-state index is 5.97. The molecule has 0 aliphatic heterocycles. The molecule has 1 heterocycles. The third-order valence-electron chi connectivity index (χ3n) is 3.73. The molecular formula is C16H20N2S. The lowest BCUT2D eigenvalue weighted by Gasteiger charge is -2.20. The van der Waals surface area contributed by atoms with Crippen LogP contribution in [0.2, 0.25) is 0 Å². The highest BCUT2D eigenvalue weighted by molar-refractivity contribution is 7.09. The summed E-state index contributed by atoms with van der Waals surface area (Å²) in [6.07, 6.45) is 2.67. The monoisotopic (exact) mass is 272 g/mol. The summed E-state index contributed by atoms with van der Waals surface area (Å²) in [7, 11) is 0. The second-order valence-corrected chi connectivity index (χ2v) is 6.18. The van der Waals surface area contributed by atoms with Gasteiger partial charge in [0, 0.05) is 24.0 Å². The van der Waals surface area contributed by atoms with Crippen molar-refractivity contribution in [3.05, 3.63) is 57.8 Å². The fraction of sp³-hybridized carbons (Fsp3) is 0.375. The molecule has 1 aliphatic carbocycles. The van der Waals surface area contributed by atoms with E-state index in [9.17, 15) is 0 Å². The van der Waals surface area contributed by atoms with E-state index in [0.29, 0.717) is 6.54 Å². The van der Waals surface area contributed by atoms with Crippen molar-refractivity contribution in [2.45, 2.75) is 31.3 Å². The van der Waals surface area contributed by atoms with Gasteiger partial charge in [0.2, 0.25) is 0 Å². The lowest BCUT2D eigenvalue weighted by molar-refractivity contribution is 0.541. The Hall–Kier alpha value is -1.16. The van der Waals surface area contributed by atoms with E-state index in [0.717, 1.165) is 12.5 Å². The zero-order chi connectivity index (χ0) is 13.1. The molecule has 3 heteroatoms. The Morgan fingerprint density at radius 1 is 1.21 bits per heavy atom. The van der Waals surface area contributed by atoms with Crippen LogP contribution in [0.25, 0.3) is 0 Å². The van der Waals surface area contributed by atoms with E-state index in [2.05, 4.69) is 47.1 Å². The molecule has 1 unspecified atom stereocenters. The summed E-state index contributed by atoms with van der Waals surface area (Å²) in [6, 6.07) is 13.3. The largest absolute Gasteiger partial charge is 0.329 e. The van der Waals surface area contributed by atoms with Crippen molar-refractivity contribution >= 4 is 11.3 Å². The molecule has 3 N–H and O–H groups in total. The van der Waals surface area contributed by atoms with Crippen LogP contribution in [0.3, 0.4) is 0 Å². The van der Waals surface area contributed by atoms with E-state index in [1.54, 1.807) is 11.3 Å². The highest BCUT2D eigenvalue weighted by atomic mass is 32.1. The first-order valence-corrected chi connectivity index (χ1v) is 7.81. The van der Waals surface area contributed by atoms with Crippen molar-refractivity contribution < 1.29 is 0 Å². The first-order valence-electron chi connectivity index (χ1n) is 6.93. The summed E-state index contributed by atoms with van der Waals surface area (Å²) < 4.78 is 0. The maximum Gasteiger partial charge on any atom is 0.0450 e. The van der Waals surface area contributed by atoms with Gasteiger partial charge in [0.15, 0.2) is 0 Å². The Balaban J connectivity index is 1.74. The molecule has 1 fully saturated rings. The Bertz CT molecular complexity index is 517. The van der Waals surface area contributed by atoms with E-state index in [4.69, 9.17) is 5.73 Å². The van der Waals surface area contributed by atoms with Crippen LogP contribution < -0.4 is 11.1 Å². The standard InChI is InChI=1S/C16H20N2S/c17-10-16(18-11-13-4-3-9-19-13)15-6-2-1-5-14(15)12-7-8-12/h1-6,9,12,16,18H,7-8,10-11,17H2. The zero-order valence-electron chi connectivity index (χ0n) is 11.0. The van der Waals surface area contributed by atoms with Crippen LogP contribution in [-0.2, 0) is 6.54 Å². The van der Waals surface area contributed by atoms with Gasteiger partial charge < -0.3 is 11.1 Å². The molecule has 0 amide bonds. The predicted octanol–water partition coefficient (Wildman–Crippen LogP) is 3.42. The number of rotatable bonds is 6. The van der Waals surface area contributed by atoms with Gasteiger partial charge in [-0.3, -0.25) is 0 Å². The fourth-order valence-corrected chi connectivity index (χ4v) is 3.21. The van der Waals surface area contributed by atoms with Gasteiger partial charge >= 0.3 is 0 Å². The maximum atomic E-state index is 5.97. The molecule has 1 aromatic heterocycles. The minimum atomic E-state index is 0.263. The minimum Gasteiger partial charge on any atom is -0.329 e. The summed E-state index contributed by atoms with van der Waals surface area (Å²) in [6.45, 7) is 1.55. The number of nitrogens with two attached hydrogens (primary N) is 1. The highest BCUT2D eigenvalue weighted by Crippen LogP contribution is 2.42. The Kier molecular flexibility index (Phi) is 3.97. The fourth-order valence-electron chi connectivity index (χ4n) is 2.55. The van der Waals surface area contributed by atoms with Gasteiger partial charge in [-0.05, 0) is 41.3 Å². The Labute approximate surface area is 118 Å². The number of nitrogens with one attached hydrogen (secondary N) is 1. The van der Waals surface area contributed by atoms with Gasteiger partial charge in [0.1, 0.15) is 0 Å². The molecule has 19 heavy (non-hydrogen) atoms. The van der Waals surface area contributed by atoms with Crippen molar-refractivity contribution in [1.82, 2.24) is 5.32 Å². The van der Waals surface area contributed by atoms with Gasteiger partial charge in [-0.1, -0.05) is 30.3 Å². The lowest BCUT2D eigenvalue weighted by Crippen LogP contribution is -2.28. The van der Waals surface area contributed by atoms with Crippen molar-refractivity contribution in [2.75, 3.05) is 6.54 Å². The number of hydrogen-bond acceptors (Lipinski definition) is 3. The molecule has 1 aromatic carbocycles. The van der Waals surface area contributed by atoms with Crippen LogP contribution in [0.15, 0.2) is 41.8 Å². The predicted molar refractivity (Wildman–Crippen MR) is 81.4 cm³/mol. The van der Waals surface area contributed by atoms with Crippen molar-refractivity contribution in [3.63, 3.8) is 0 Å². The normalized spacial score (nSPS) is 16.5. The molecule has 3 rings (SSSR count). The molecule has 0 saturated heterocycles. The first-order chi connectivity index (χ1) is 9.38. The third kappa shape index (κ3) is 3.06. The van der Waals surface area contributed by atoms with Crippen molar-refractivity contribution in [2.24, 2.45) is 5.73 Å². The van der Waals surface area contributed by atoms with Gasteiger partial charge in [-0.25, -0.2) is 0 Å².